The Kier molecular flexibility index (Phi) is 8.06. The van der Waals surface area contributed by atoms with E-state index in [1.165, 1.54) is 30.3 Å². The SMILES string of the molecule is O=C(NC1CCC(CNc2cc(C(F)(F)F)nc3ccc(Cl)cc23)CC1)c1cnn(-c2cccc(F)c2)c1C(F)(F)F. The Labute approximate surface area is 239 Å². The number of benzene rings is 2. The fourth-order valence-electron chi connectivity index (χ4n) is 5.11. The van der Waals surface area contributed by atoms with E-state index in [1.54, 1.807) is 0 Å². The molecular formula is C28H23ClF7N5O. The van der Waals surface area contributed by atoms with Gasteiger partial charge in [0, 0.05) is 28.7 Å². The van der Waals surface area contributed by atoms with Gasteiger partial charge in [0.15, 0.2) is 5.69 Å². The molecule has 2 aromatic heterocycles. The van der Waals surface area contributed by atoms with Crippen molar-refractivity contribution in [1.82, 2.24) is 20.1 Å². The number of rotatable bonds is 6. The summed E-state index contributed by atoms with van der Waals surface area (Å²) in [4.78, 5) is 16.6. The standard InChI is InChI=1S/C28H23ClF7N5O/c29-16-6-9-22-20(10-16)23(12-24(40-22)27(31,32)33)37-13-15-4-7-18(8-5-15)39-26(42)21-14-38-41(25(21)28(34,35)36)19-3-1-2-17(30)11-19/h1-3,6,9-12,14-15,18H,4-5,7-8,13H2,(H,37,40)(H,39,42). The van der Waals surface area contributed by atoms with Crippen LogP contribution in [0.15, 0.2) is 54.7 Å². The van der Waals surface area contributed by atoms with E-state index in [9.17, 15) is 35.5 Å². The first kappa shape index (κ1) is 29.6. The largest absolute Gasteiger partial charge is 0.434 e. The number of pyridine rings is 1. The molecule has 0 aliphatic heterocycles. The van der Waals surface area contributed by atoms with Crippen LogP contribution in [0.4, 0.5) is 36.4 Å². The highest BCUT2D eigenvalue weighted by atomic mass is 35.5. The van der Waals surface area contributed by atoms with Gasteiger partial charge >= 0.3 is 12.4 Å². The second kappa shape index (κ2) is 11.4. The second-order valence-electron chi connectivity index (χ2n) is 10.1. The molecule has 2 aromatic carbocycles. The Morgan fingerprint density at radius 1 is 0.976 bits per heavy atom. The number of hydrogen-bond donors (Lipinski definition) is 2. The summed E-state index contributed by atoms with van der Waals surface area (Å²) in [6.45, 7) is 0.336. The van der Waals surface area contributed by atoms with Crippen LogP contribution in [0, 0.1) is 11.7 Å². The minimum Gasteiger partial charge on any atom is -0.384 e. The lowest BCUT2D eigenvalue weighted by molar-refractivity contribution is -0.143. The number of anilines is 1. The molecule has 0 bridgehead atoms. The average molecular weight is 614 g/mol. The summed E-state index contributed by atoms with van der Waals surface area (Å²) in [5.41, 5.74) is -2.83. The average Bonchev–Trinajstić information content (AvgIpc) is 3.38. The predicted molar refractivity (Wildman–Crippen MR) is 142 cm³/mol. The number of halogens is 8. The summed E-state index contributed by atoms with van der Waals surface area (Å²) in [7, 11) is 0. The molecule has 0 radical (unpaired) electrons. The summed E-state index contributed by atoms with van der Waals surface area (Å²) < 4.78 is 96.1. The Morgan fingerprint density at radius 3 is 2.38 bits per heavy atom. The Morgan fingerprint density at radius 2 is 1.71 bits per heavy atom. The number of carbonyl (C=O) groups is 1. The molecule has 0 saturated heterocycles. The third kappa shape index (κ3) is 6.45. The Hall–Kier alpha value is -3.87. The van der Waals surface area contributed by atoms with Crippen molar-refractivity contribution in [2.24, 2.45) is 5.92 Å². The smallest absolute Gasteiger partial charge is 0.384 e. The molecule has 2 heterocycles. The van der Waals surface area contributed by atoms with Crippen LogP contribution in [0.3, 0.4) is 0 Å². The van der Waals surface area contributed by atoms with Crippen molar-refractivity contribution >= 4 is 34.1 Å². The van der Waals surface area contributed by atoms with E-state index in [-0.39, 0.29) is 22.8 Å². The van der Waals surface area contributed by atoms with Crippen LogP contribution >= 0.6 is 11.6 Å². The van der Waals surface area contributed by atoms with Crippen LogP contribution < -0.4 is 10.6 Å². The molecule has 42 heavy (non-hydrogen) atoms. The van der Waals surface area contributed by atoms with Crippen LogP contribution in [0.25, 0.3) is 16.6 Å². The second-order valence-corrected chi connectivity index (χ2v) is 10.5. The van der Waals surface area contributed by atoms with Crippen molar-refractivity contribution in [1.29, 1.82) is 0 Å². The first-order valence-corrected chi connectivity index (χ1v) is 13.3. The summed E-state index contributed by atoms with van der Waals surface area (Å²) in [6.07, 6.45) is -6.72. The van der Waals surface area contributed by atoms with E-state index < -0.39 is 47.1 Å². The van der Waals surface area contributed by atoms with Gasteiger partial charge in [-0.1, -0.05) is 17.7 Å². The molecule has 222 valence electrons. The quantitative estimate of drug-likeness (QED) is 0.219. The van der Waals surface area contributed by atoms with Gasteiger partial charge in [0.1, 0.15) is 11.5 Å². The van der Waals surface area contributed by atoms with E-state index in [4.69, 9.17) is 11.6 Å². The number of nitrogens with zero attached hydrogens (tertiary/aromatic N) is 3. The molecule has 6 nitrogen and oxygen atoms in total. The first-order valence-electron chi connectivity index (χ1n) is 12.9. The number of fused-ring (bicyclic) bond motifs is 1. The van der Waals surface area contributed by atoms with Crippen molar-refractivity contribution in [2.75, 3.05) is 11.9 Å². The monoisotopic (exact) mass is 613 g/mol. The predicted octanol–water partition coefficient (Wildman–Crippen LogP) is 7.65. The molecule has 2 N–H and O–H groups in total. The first-order chi connectivity index (χ1) is 19.8. The van der Waals surface area contributed by atoms with E-state index in [1.807, 2.05) is 0 Å². The van der Waals surface area contributed by atoms with Gasteiger partial charge in [0.25, 0.3) is 5.91 Å². The van der Waals surface area contributed by atoms with E-state index in [0.29, 0.717) is 47.3 Å². The molecule has 5 rings (SSSR count). The Bertz CT molecular complexity index is 1610. The van der Waals surface area contributed by atoms with Gasteiger partial charge in [-0.15, -0.1) is 0 Å². The summed E-state index contributed by atoms with van der Waals surface area (Å²) in [6, 6.07) is 9.37. The lowest BCUT2D eigenvalue weighted by Gasteiger charge is -2.29. The number of carbonyl (C=O) groups excluding carboxylic acids is 1. The van der Waals surface area contributed by atoms with E-state index in [2.05, 4.69) is 20.7 Å². The number of alkyl halides is 6. The molecular weight excluding hydrogens is 591 g/mol. The fraction of sp³-hybridized carbons (Fsp3) is 0.321. The van der Waals surface area contributed by atoms with Crippen molar-refractivity contribution < 1.29 is 35.5 Å². The zero-order valence-electron chi connectivity index (χ0n) is 21.7. The van der Waals surface area contributed by atoms with Crippen LogP contribution in [-0.2, 0) is 12.4 Å². The van der Waals surface area contributed by atoms with Crippen LogP contribution in [0.2, 0.25) is 5.02 Å². The number of amides is 1. The number of hydrogen-bond acceptors (Lipinski definition) is 4. The number of nitrogens with one attached hydrogen (secondary N) is 2. The zero-order chi connectivity index (χ0) is 30.2. The topological polar surface area (TPSA) is 71.8 Å². The molecule has 0 spiro atoms. The zero-order valence-corrected chi connectivity index (χ0v) is 22.4. The summed E-state index contributed by atoms with van der Waals surface area (Å²) in [5.74, 6) is -1.67. The maximum atomic E-state index is 13.9. The fourth-order valence-corrected chi connectivity index (χ4v) is 5.28. The molecule has 1 aliphatic rings. The van der Waals surface area contributed by atoms with Crippen molar-refractivity contribution in [3.8, 4) is 5.69 Å². The van der Waals surface area contributed by atoms with Crippen molar-refractivity contribution in [3.05, 3.63) is 82.5 Å². The van der Waals surface area contributed by atoms with Gasteiger partial charge in [-0.05, 0) is 74.1 Å². The normalized spacial score (nSPS) is 17.8. The molecule has 1 aliphatic carbocycles. The highest BCUT2D eigenvalue weighted by Crippen LogP contribution is 2.36. The maximum absolute atomic E-state index is 13.9. The lowest BCUT2D eigenvalue weighted by Crippen LogP contribution is -2.39. The lowest BCUT2D eigenvalue weighted by atomic mass is 9.85. The van der Waals surface area contributed by atoms with Crippen molar-refractivity contribution in [3.63, 3.8) is 0 Å². The molecule has 4 aromatic rings. The highest BCUT2D eigenvalue weighted by Gasteiger charge is 2.41. The molecule has 0 atom stereocenters. The Balaban J connectivity index is 1.24. The molecule has 0 unspecified atom stereocenters. The minimum absolute atomic E-state index is 0.0383. The minimum atomic E-state index is -4.94. The van der Waals surface area contributed by atoms with Gasteiger partial charge in [-0.25, -0.2) is 14.1 Å². The maximum Gasteiger partial charge on any atom is 0.434 e. The van der Waals surface area contributed by atoms with Gasteiger partial charge in [-0.3, -0.25) is 4.79 Å². The molecule has 14 heteroatoms. The molecule has 1 amide bonds. The van der Waals surface area contributed by atoms with Gasteiger partial charge in [0.2, 0.25) is 0 Å². The highest BCUT2D eigenvalue weighted by molar-refractivity contribution is 6.31. The van der Waals surface area contributed by atoms with Gasteiger partial charge in [0.05, 0.1) is 23.0 Å². The molecule has 1 fully saturated rings. The van der Waals surface area contributed by atoms with Gasteiger partial charge in [-0.2, -0.15) is 31.4 Å². The van der Waals surface area contributed by atoms with E-state index >= 15 is 0 Å². The summed E-state index contributed by atoms with van der Waals surface area (Å²) in [5, 5.41) is 10.2. The van der Waals surface area contributed by atoms with Crippen LogP contribution in [-0.4, -0.2) is 33.3 Å². The van der Waals surface area contributed by atoms with Gasteiger partial charge < -0.3 is 10.6 Å². The summed E-state index contributed by atoms with van der Waals surface area (Å²) >= 11 is 6.05. The van der Waals surface area contributed by atoms with Crippen LogP contribution in [0.5, 0.6) is 0 Å². The third-order valence-electron chi connectivity index (χ3n) is 7.16. The van der Waals surface area contributed by atoms with Crippen LogP contribution in [0.1, 0.15) is 47.4 Å². The molecule has 1 saturated carbocycles. The number of aromatic nitrogens is 3. The third-order valence-corrected chi connectivity index (χ3v) is 7.39. The van der Waals surface area contributed by atoms with Crippen molar-refractivity contribution in [2.45, 2.75) is 44.1 Å². The van der Waals surface area contributed by atoms with E-state index in [0.717, 1.165) is 24.4 Å².